The van der Waals surface area contributed by atoms with E-state index in [1.54, 1.807) is 0 Å². The summed E-state index contributed by atoms with van der Waals surface area (Å²) in [6.07, 6.45) is 5.08. The van der Waals surface area contributed by atoms with Crippen LogP contribution in [0.1, 0.15) is 26.7 Å². The Kier molecular flexibility index (Phi) is 6.07. The van der Waals surface area contributed by atoms with Gasteiger partial charge in [-0.05, 0) is 6.42 Å². The third-order valence-electron chi connectivity index (χ3n) is 1.57. The molecule has 0 fully saturated rings. The quantitative estimate of drug-likeness (QED) is 0.350. The molecule has 0 N–H and O–H groups in total. The first-order valence-electron chi connectivity index (χ1n) is 4.22. The molecule has 68 valence electrons. The van der Waals surface area contributed by atoms with Crippen LogP contribution in [0.3, 0.4) is 0 Å². The molecule has 0 radical (unpaired) electrons. The van der Waals surface area contributed by atoms with E-state index in [0.717, 1.165) is 12.8 Å². The van der Waals surface area contributed by atoms with E-state index in [1.807, 2.05) is 0 Å². The summed E-state index contributed by atoms with van der Waals surface area (Å²) < 4.78 is 5.14. The summed E-state index contributed by atoms with van der Waals surface area (Å²) in [4.78, 5) is 4.02. The van der Waals surface area contributed by atoms with Crippen molar-refractivity contribution >= 4 is 5.90 Å². The lowest BCUT2D eigenvalue weighted by atomic mass is 10.1. The van der Waals surface area contributed by atoms with E-state index in [4.69, 9.17) is 4.74 Å². The molecule has 0 saturated carbocycles. The SMILES string of the molecule is C=CN=C(OC=C)C(C)CCC. The monoisotopic (exact) mass is 167 g/mol. The second kappa shape index (κ2) is 6.65. The summed E-state index contributed by atoms with van der Waals surface area (Å²) in [6.45, 7) is 11.2. The highest BCUT2D eigenvalue weighted by atomic mass is 16.5. The Bertz CT molecular complexity index is 173. The summed E-state index contributed by atoms with van der Waals surface area (Å²) in [5, 5.41) is 0. The van der Waals surface area contributed by atoms with Gasteiger partial charge in [-0.15, -0.1) is 0 Å². The summed E-state index contributed by atoms with van der Waals surface area (Å²) in [5.74, 6) is 1.04. The summed E-state index contributed by atoms with van der Waals surface area (Å²) in [7, 11) is 0. The van der Waals surface area contributed by atoms with E-state index in [0.29, 0.717) is 11.8 Å². The number of ether oxygens (including phenoxy) is 1. The van der Waals surface area contributed by atoms with Crippen molar-refractivity contribution in [2.75, 3.05) is 0 Å². The lowest BCUT2D eigenvalue weighted by Crippen LogP contribution is -2.11. The van der Waals surface area contributed by atoms with Crippen LogP contribution >= 0.6 is 0 Å². The average molecular weight is 167 g/mol. The highest BCUT2D eigenvalue weighted by Gasteiger charge is 2.08. The van der Waals surface area contributed by atoms with Crippen LogP contribution in [0.4, 0.5) is 0 Å². The summed E-state index contributed by atoms with van der Waals surface area (Å²) in [5.41, 5.74) is 0. The fourth-order valence-electron chi connectivity index (χ4n) is 1.01. The third-order valence-corrected chi connectivity index (χ3v) is 1.57. The van der Waals surface area contributed by atoms with Gasteiger partial charge in [-0.2, -0.15) is 0 Å². The van der Waals surface area contributed by atoms with Gasteiger partial charge in [0.05, 0.1) is 6.26 Å². The maximum absolute atomic E-state index is 5.14. The molecule has 2 nitrogen and oxygen atoms in total. The lowest BCUT2D eigenvalue weighted by molar-refractivity contribution is 0.422. The van der Waals surface area contributed by atoms with E-state index >= 15 is 0 Å². The molecule has 0 aromatic rings. The van der Waals surface area contributed by atoms with E-state index < -0.39 is 0 Å². The molecule has 0 aromatic carbocycles. The van der Waals surface area contributed by atoms with Crippen molar-refractivity contribution in [3.63, 3.8) is 0 Å². The van der Waals surface area contributed by atoms with Crippen LogP contribution < -0.4 is 0 Å². The van der Waals surface area contributed by atoms with Crippen molar-refractivity contribution in [2.24, 2.45) is 10.9 Å². The summed E-state index contributed by atoms with van der Waals surface area (Å²) >= 11 is 0. The molecule has 12 heavy (non-hydrogen) atoms. The Hall–Kier alpha value is -1.05. The van der Waals surface area contributed by atoms with Gasteiger partial charge in [0.2, 0.25) is 0 Å². The highest BCUT2D eigenvalue weighted by Crippen LogP contribution is 2.09. The Morgan fingerprint density at radius 2 is 2.25 bits per heavy atom. The van der Waals surface area contributed by atoms with E-state index in [2.05, 4.69) is 32.0 Å². The van der Waals surface area contributed by atoms with Gasteiger partial charge in [-0.25, -0.2) is 4.99 Å². The first-order valence-corrected chi connectivity index (χ1v) is 4.22. The summed E-state index contributed by atoms with van der Waals surface area (Å²) in [6, 6.07) is 0. The number of hydrogen-bond acceptors (Lipinski definition) is 2. The smallest absolute Gasteiger partial charge is 0.196 e. The number of rotatable bonds is 5. The van der Waals surface area contributed by atoms with Crippen molar-refractivity contribution < 1.29 is 4.74 Å². The predicted octanol–water partition coefficient (Wildman–Crippen LogP) is 3.12. The number of aliphatic imine (C=N–C) groups is 1. The van der Waals surface area contributed by atoms with Crippen molar-refractivity contribution in [1.29, 1.82) is 0 Å². The van der Waals surface area contributed by atoms with E-state index in [9.17, 15) is 0 Å². The molecule has 0 saturated heterocycles. The fraction of sp³-hybridized carbons (Fsp3) is 0.500. The van der Waals surface area contributed by atoms with E-state index in [1.165, 1.54) is 12.5 Å². The Balaban J connectivity index is 4.17. The second-order valence-electron chi connectivity index (χ2n) is 2.62. The van der Waals surface area contributed by atoms with Gasteiger partial charge in [-0.3, -0.25) is 0 Å². The molecule has 0 heterocycles. The maximum atomic E-state index is 5.14. The zero-order valence-corrected chi connectivity index (χ0v) is 7.92. The van der Waals surface area contributed by atoms with Gasteiger partial charge < -0.3 is 4.74 Å². The molecule has 0 aliphatic heterocycles. The molecule has 1 atom stereocenters. The topological polar surface area (TPSA) is 21.6 Å². The van der Waals surface area contributed by atoms with Gasteiger partial charge >= 0.3 is 0 Å². The molecule has 0 bridgehead atoms. The third kappa shape index (κ3) is 3.96. The van der Waals surface area contributed by atoms with Crippen molar-refractivity contribution in [2.45, 2.75) is 26.7 Å². The van der Waals surface area contributed by atoms with Gasteiger partial charge in [-0.1, -0.05) is 33.4 Å². The number of hydrogen-bond donors (Lipinski definition) is 0. The Morgan fingerprint density at radius 1 is 1.58 bits per heavy atom. The van der Waals surface area contributed by atoms with Crippen LogP contribution in [0.5, 0.6) is 0 Å². The van der Waals surface area contributed by atoms with Crippen LogP contribution in [-0.4, -0.2) is 5.90 Å². The van der Waals surface area contributed by atoms with Gasteiger partial charge in [0, 0.05) is 12.1 Å². The minimum Gasteiger partial charge on any atom is -0.451 e. The van der Waals surface area contributed by atoms with E-state index in [-0.39, 0.29) is 0 Å². The standard InChI is InChI=1S/C10H17NO/c1-5-8-9(4)10(11-6-2)12-7-3/h6-7,9H,2-3,5,8H2,1,4H3. The zero-order chi connectivity index (χ0) is 9.40. The molecule has 0 spiro atoms. The molecule has 1 unspecified atom stereocenters. The molecular weight excluding hydrogens is 150 g/mol. The molecule has 0 rings (SSSR count). The zero-order valence-electron chi connectivity index (χ0n) is 7.92. The fourth-order valence-corrected chi connectivity index (χ4v) is 1.01. The molecule has 0 aliphatic rings. The molecule has 0 aliphatic carbocycles. The van der Waals surface area contributed by atoms with Crippen molar-refractivity contribution in [3.8, 4) is 0 Å². The minimum absolute atomic E-state index is 0.339. The highest BCUT2D eigenvalue weighted by molar-refractivity contribution is 5.79. The molecule has 0 amide bonds. The first kappa shape index (κ1) is 11.0. The van der Waals surface area contributed by atoms with Crippen LogP contribution in [0.2, 0.25) is 0 Å². The van der Waals surface area contributed by atoms with Crippen LogP contribution in [0, 0.1) is 5.92 Å². The maximum Gasteiger partial charge on any atom is 0.196 e. The van der Waals surface area contributed by atoms with Crippen LogP contribution in [-0.2, 0) is 4.74 Å². The van der Waals surface area contributed by atoms with Gasteiger partial charge in [0.15, 0.2) is 5.90 Å². The Morgan fingerprint density at radius 3 is 2.67 bits per heavy atom. The second-order valence-corrected chi connectivity index (χ2v) is 2.62. The van der Waals surface area contributed by atoms with Crippen LogP contribution in [0.15, 0.2) is 30.6 Å². The lowest BCUT2D eigenvalue weighted by Gasteiger charge is -2.10. The molecule has 2 heteroatoms. The largest absolute Gasteiger partial charge is 0.451 e. The average Bonchev–Trinajstić information content (AvgIpc) is 2.04. The predicted molar refractivity (Wildman–Crippen MR) is 53.0 cm³/mol. The minimum atomic E-state index is 0.339. The van der Waals surface area contributed by atoms with Crippen LogP contribution in [0.25, 0.3) is 0 Å². The normalized spacial score (nSPS) is 13.7. The first-order chi connectivity index (χ1) is 5.76. The van der Waals surface area contributed by atoms with Gasteiger partial charge in [0.1, 0.15) is 0 Å². The van der Waals surface area contributed by atoms with Crippen molar-refractivity contribution in [3.05, 3.63) is 25.6 Å². The Labute approximate surface area is 74.7 Å². The number of nitrogens with zero attached hydrogens (tertiary/aromatic N) is 1. The molecular formula is C10H17NO. The molecule has 0 aromatic heterocycles. The van der Waals surface area contributed by atoms with Gasteiger partial charge in [0.25, 0.3) is 0 Å². The van der Waals surface area contributed by atoms with Crippen molar-refractivity contribution in [1.82, 2.24) is 0 Å².